The highest BCUT2D eigenvalue weighted by Gasteiger charge is 2.28. The second kappa shape index (κ2) is 38.3. The number of rotatable bonds is 41. The van der Waals surface area contributed by atoms with Crippen LogP contribution in [0.15, 0.2) is 12.2 Å². The first kappa shape index (κ1) is 51.0. The van der Waals surface area contributed by atoms with Crippen LogP contribution in [0.5, 0.6) is 0 Å². The van der Waals surface area contributed by atoms with E-state index in [1.54, 1.807) is 0 Å². The van der Waals surface area contributed by atoms with Crippen LogP contribution in [-0.4, -0.2) is 53.1 Å². The summed E-state index contributed by atoms with van der Waals surface area (Å²) in [7, 11) is -4.41. The second-order valence-corrected chi connectivity index (χ2v) is 17.3. The van der Waals surface area contributed by atoms with Crippen molar-refractivity contribution in [3.8, 4) is 0 Å². The molecule has 0 aliphatic rings. The predicted octanol–water partition coefficient (Wildman–Crippen LogP) is 12.3. The topological polar surface area (TPSA) is 124 Å². The number of unbranched alkanes of at least 4 members (excludes halogenated alkanes) is 30. The summed E-state index contributed by atoms with van der Waals surface area (Å²) in [5.74, 6) is -1.46. The summed E-state index contributed by atoms with van der Waals surface area (Å²) in [5, 5.41) is 23.6. The quantitative estimate of drug-likeness (QED) is 0.0280. The van der Waals surface area contributed by atoms with Crippen molar-refractivity contribution in [1.29, 1.82) is 0 Å². The Bertz CT molecular complexity index is 895. The summed E-state index contributed by atoms with van der Waals surface area (Å²) >= 11 is 0. The molecule has 0 aliphatic carbocycles. The van der Waals surface area contributed by atoms with Gasteiger partial charge in [0, 0.05) is 0 Å². The third-order valence-corrected chi connectivity index (χ3v) is 11.4. The Hall–Kier alpha value is -0.960. The molecule has 0 saturated heterocycles. The average molecular weight is 758 g/mol. The molecular formula is C44H87NO6S. The van der Waals surface area contributed by atoms with Gasteiger partial charge in [0.15, 0.2) is 0 Å². The first-order valence-electron chi connectivity index (χ1n) is 22.5. The highest BCUT2D eigenvalue weighted by atomic mass is 32.2. The summed E-state index contributed by atoms with van der Waals surface area (Å²) in [6, 6.07) is -1.15. The maximum atomic E-state index is 12.6. The Morgan fingerprint density at radius 2 is 0.808 bits per heavy atom. The molecule has 0 aliphatic heterocycles. The molecular weight excluding hydrogens is 671 g/mol. The Morgan fingerprint density at radius 3 is 1.15 bits per heavy atom. The Kier molecular flexibility index (Phi) is 37.6. The van der Waals surface area contributed by atoms with Crippen molar-refractivity contribution in [2.75, 3.05) is 5.75 Å². The number of hydrogen-bond acceptors (Lipinski definition) is 5. The van der Waals surface area contributed by atoms with E-state index in [2.05, 4.69) is 31.3 Å². The summed E-state index contributed by atoms with van der Waals surface area (Å²) in [4.78, 5) is 12.6. The number of aliphatic hydroxyl groups excluding tert-OH is 2. The zero-order chi connectivity index (χ0) is 38.4. The van der Waals surface area contributed by atoms with Gasteiger partial charge in [-0.25, -0.2) is 0 Å². The molecule has 3 unspecified atom stereocenters. The first-order valence-corrected chi connectivity index (χ1v) is 24.1. The standard InChI is InChI=1S/C44H87NO6S/c1-3-5-7-9-11-13-15-17-19-20-21-22-23-25-26-28-30-32-34-36-38-42(46)41(40-52(49,50)51)45-44(48)43(47)39-37-35-33-31-29-27-24-18-16-14-12-10-8-6-4-2/h24,27,41-43,46-47H,3-23,25-26,28-40H2,1-2H3,(H,45,48)(H,49,50,51)/b27-24-. The summed E-state index contributed by atoms with van der Waals surface area (Å²) in [6.45, 7) is 4.52. The van der Waals surface area contributed by atoms with Gasteiger partial charge in [0.25, 0.3) is 10.1 Å². The van der Waals surface area contributed by atoms with Crippen molar-refractivity contribution in [2.45, 2.75) is 257 Å². The molecule has 0 spiro atoms. The largest absolute Gasteiger partial charge is 0.391 e. The number of carbonyl (C=O) groups excluding carboxylic acids is 1. The third kappa shape index (κ3) is 37.4. The molecule has 0 heterocycles. The minimum absolute atomic E-state index is 0.286. The average Bonchev–Trinajstić information content (AvgIpc) is 3.11. The van der Waals surface area contributed by atoms with Crippen LogP contribution in [0.1, 0.15) is 239 Å². The molecule has 310 valence electrons. The Morgan fingerprint density at radius 1 is 0.500 bits per heavy atom. The lowest BCUT2D eigenvalue weighted by Gasteiger charge is -2.24. The van der Waals surface area contributed by atoms with Crippen LogP contribution >= 0.6 is 0 Å². The normalized spacial score (nSPS) is 13.9. The van der Waals surface area contributed by atoms with E-state index in [4.69, 9.17) is 0 Å². The highest BCUT2D eigenvalue weighted by Crippen LogP contribution is 2.17. The maximum Gasteiger partial charge on any atom is 0.266 e. The molecule has 1 amide bonds. The van der Waals surface area contributed by atoms with E-state index in [1.165, 1.54) is 148 Å². The molecule has 3 atom stereocenters. The molecule has 0 radical (unpaired) electrons. The monoisotopic (exact) mass is 758 g/mol. The van der Waals surface area contributed by atoms with Crippen molar-refractivity contribution in [3.63, 3.8) is 0 Å². The van der Waals surface area contributed by atoms with Gasteiger partial charge < -0.3 is 15.5 Å². The second-order valence-electron chi connectivity index (χ2n) is 15.8. The van der Waals surface area contributed by atoms with Crippen molar-refractivity contribution in [3.05, 3.63) is 12.2 Å². The molecule has 0 bridgehead atoms. The maximum absolute atomic E-state index is 12.6. The van der Waals surface area contributed by atoms with Crippen molar-refractivity contribution >= 4 is 16.0 Å². The smallest absolute Gasteiger partial charge is 0.266 e. The van der Waals surface area contributed by atoms with E-state index in [0.717, 1.165) is 57.8 Å². The summed E-state index contributed by atoms with van der Waals surface area (Å²) < 4.78 is 32.6. The zero-order valence-corrected chi connectivity index (χ0v) is 35.1. The fraction of sp³-hybridized carbons (Fsp3) is 0.932. The predicted molar refractivity (Wildman–Crippen MR) is 222 cm³/mol. The number of allylic oxidation sites excluding steroid dienone is 2. The SMILES string of the molecule is CCCCCCCCC/C=C\CCCCCCC(O)C(=O)NC(CS(=O)(=O)O)C(O)CCCCCCCCCCCCCCCCCCCCCC. The fourth-order valence-electron chi connectivity index (χ4n) is 7.10. The van der Waals surface area contributed by atoms with E-state index in [0.29, 0.717) is 12.8 Å². The Balaban J connectivity index is 3.91. The third-order valence-electron chi connectivity index (χ3n) is 10.6. The zero-order valence-electron chi connectivity index (χ0n) is 34.3. The molecule has 0 aromatic heterocycles. The molecule has 0 fully saturated rings. The fourth-order valence-corrected chi connectivity index (χ4v) is 7.86. The van der Waals surface area contributed by atoms with Crippen LogP contribution in [0.3, 0.4) is 0 Å². The number of carbonyl (C=O) groups is 1. The van der Waals surface area contributed by atoms with Gasteiger partial charge in [0.2, 0.25) is 5.91 Å². The molecule has 8 heteroatoms. The summed E-state index contributed by atoms with van der Waals surface area (Å²) in [6.07, 6.45) is 43.7. The van der Waals surface area contributed by atoms with Gasteiger partial charge in [-0.3, -0.25) is 9.35 Å². The van der Waals surface area contributed by atoms with Gasteiger partial charge in [0.1, 0.15) is 6.10 Å². The molecule has 4 N–H and O–H groups in total. The number of hydrogen-bond donors (Lipinski definition) is 4. The lowest BCUT2D eigenvalue weighted by Crippen LogP contribution is -2.50. The van der Waals surface area contributed by atoms with Crippen LogP contribution < -0.4 is 5.32 Å². The van der Waals surface area contributed by atoms with Gasteiger partial charge >= 0.3 is 0 Å². The van der Waals surface area contributed by atoms with Crippen molar-refractivity contribution in [1.82, 2.24) is 5.32 Å². The lowest BCUT2D eigenvalue weighted by molar-refractivity contribution is -0.131. The number of amides is 1. The lowest BCUT2D eigenvalue weighted by atomic mass is 10.0. The van der Waals surface area contributed by atoms with Crippen LogP contribution in [0.25, 0.3) is 0 Å². The van der Waals surface area contributed by atoms with Crippen LogP contribution in [-0.2, 0) is 14.9 Å². The molecule has 52 heavy (non-hydrogen) atoms. The van der Waals surface area contributed by atoms with Gasteiger partial charge in [0.05, 0.1) is 17.9 Å². The number of aliphatic hydroxyl groups is 2. The van der Waals surface area contributed by atoms with Gasteiger partial charge in [-0.15, -0.1) is 0 Å². The van der Waals surface area contributed by atoms with E-state index < -0.39 is 40.0 Å². The van der Waals surface area contributed by atoms with Gasteiger partial charge in [-0.05, 0) is 38.5 Å². The Labute approximate surface area is 323 Å². The summed E-state index contributed by atoms with van der Waals surface area (Å²) in [5.41, 5.74) is 0. The minimum Gasteiger partial charge on any atom is -0.391 e. The number of nitrogens with one attached hydrogen (secondary N) is 1. The van der Waals surface area contributed by atoms with E-state index in [9.17, 15) is 28.0 Å². The van der Waals surface area contributed by atoms with Gasteiger partial charge in [-0.2, -0.15) is 8.42 Å². The van der Waals surface area contributed by atoms with E-state index in [1.807, 2.05) is 0 Å². The van der Waals surface area contributed by atoms with Crippen LogP contribution in [0.2, 0.25) is 0 Å². The molecule has 0 aromatic rings. The molecule has 0 aromatic carbocycles. The van der Waals surface area contributed by atoms with Crippen molar-refractivity contribution < 1.29 is 28.0 Å². The molecule has 0 saturated carbocycles. The minimum atomic E-state index is -4.41. The van der Waals surface area contributed by atoms with E-state index in [-0.39, 0.29) is 6.42 Å². The van der Waals surface area contributed by atoms with Crippen molar-refractivity contribution in [2.24, 2.45) is 0 Å². The first-order chi connectivity index (χ1) is 25.2. The van der Waals surface area contributed by atoms with Crippen LogP contribution in [0.4, 0.5) is 0 Å². The molecule has 7 nitrogen and oxygen atoms in total. The highest BCUT2D eigenvalue weighted by molar-refractivity contribution is 7.85. The van der Waals surface area contributed by atoms with Crippen LogP contribution in [0, 0.1) is 0 Å². The molecule has 0 rings (SSSR count). The van der Waals surface area contributed by atoms with Gasteiger partial charge in [-0.1, -0.05) is 212 Å². The van der Waals surface area contributed by atoms with E-state index >= 15 is 0 Å².